The second-order valence-corrected chi connectivity index (χ2v) is 9.51. The average Bonchev–Trinajstić information content (AvgIpc) is 3.17. The second-order valence-electron chi connectivity index (χ2n) is 8.65. The number of anilines is 1. The van der Waals surface area contributed by atoms with Gasteiger partial charge in [-0.1, -0.05) is 12.1 Å². The number of rotatable bonds is 10. The van der Waals surface area contributed by atoms with Crippen LogP contribution in [-0.4, -0.2) is 55.0 Å². The van der Waals surface area contributed by atoms with Gasteiger partial charge in [0.25, 0.3) is 17.5 Å². The Hall–Kier alpha value is -4.47. The Kier molecular flexibility index (Phi) is 8.43. The number of carbonyl (C=O) groups excluding carboxylic acids is 2. The van der Waals surface area contributed by atoms with Crippen LogP contribution in [0.2, 0.25) is 0 Å². The Labute approximate surface area is 232 Å². The van der Waals surface area contributed by atoms with Crippen molar-refractivity contribution in [2.75, 3.05) is 38.3 Å². The lowest BCUT2D eigenvalue weighted by Crippen LogP contribution is -2.39. The quantitative estimate of drug-likeness (QED) is 0.127. The monoisotopic (exact) mass is 590 g/mol. The standard InChI is InChI=1S/C27H23BrN6O5/c1-17-13-19(7-8-24(17)30-31-25-18(16-29)14-20(34(37)38)15-23(25)28)32(11-12-39-2)9-10-33-26(35)21-5-3-4-6-22(21)27(33)36/h3-8,13-15H,9-12H2,1-2H3/b31-30+. The Morgan fingerprint density at radius 3 is 2.36 bits per heavy atom. The predicted octanol–water partition coefficient (Wildman–Crippen LogP) is 5.70. The summed E-state index contributed by atoms with van der Waals surface area (Å²) in [6.45, 7) is 3.43. The molecule has 0 saturated heterocycles. The van der Waals surface area contributed by atoms with Crippen molar-refractivity contribution in [3.05, 3.63) is 91.4 Å². The number of nitro benzene ring substituents is 1. The molecule has 11 nitrogen and oxygen atoms in total. The number of non-ortho nitro benzene ring substituents is 1. The highest BCUT2D eigenvalue weighted by atomic mass is 79.9. The first kappa shape index (κ1) is 27.6. The summed E-state index contributed by atoms with van der Waals surface area (Å²) in [5.41, 5.74) is 2.98. The van der Waals surface area contributed by atoms with E-state index in [9.17, 15) is 25.0 Å². The number of halogens is 1. The van der Waals surface area contributed by atoms with E-state index in [2.05, 4.69) is 26.2 Å². The summed E-state index contributed by atoms with van der Waals surface area (Å²) in [4.78, 5) is 39.3. The summed E-state index contributed by atoms with van der Waals surface area (Å²) in [6.07, 6.45) is 0. The van der Waals surface area contributed by atoms with Crippen molar-refractivity contribution in [2.45, 2.75) is 6.92 Å². The van der Waals surface area contributed by atoms with Crippen molar-refractivity contribution in [3.63, 3.8) is 0 Å². The molecule has 3 aromatic rings. The highest BCUT2D eigenvalue weighted by Crippen LogP contribution is 2.35. The molecular formula is C27H23BrN6O5. The van der Waals surface area contributed by atoms with Gasteiger partial charge in [-0.05, 0) is 58.7 Å². The van der Waals surface area contributed by atoms with Crippen molar-refractivity contribution in [3.8, 4) is 6.07 Å². The van der Waals surface area contributed by atoms with Crippen LogP contribution in [0.3, 0.4) is 0 Å². The van der Waals surface area contributed by atoms with Crippen molar-refractivity contribution in [1.82, 2.24) is 4.90 Å². The molecule has 0 radical (unpaired) electrons. The fourth-order valence-corrected chi connectivity index (χ4v) is 4.69. The maximum absolute atomic E-state index is 12.8. The molecule has 12 heteroatoms. The van der Waals surface area contributed by atoms with Crippen LogP contribution in [0.4, 0.5) is 22.7 Å². The number of azo groups is 1. The van der Waals surface area contributed by atoms with Gasteiger partial charge in [-0.2, -0.15) is 10.4 Å². The van der Waals surface area contributed by atoms with E-state index in [1.807, 2.05) is 30.0 Å². The molecule has 1 heterocycles. The largest absolute Gasteiger partial charge is 0.383 e. The van der Waals surface area contributed by atoms with Gasteiger partial charge in [0.1, 0.15) is 11.8 Å². The molecule has 3 aromatic carbocycles. The van der Waals surface area contributed by atoms with E-state index in [4.69, 9.17) is 4.74 Å². The number of fused-ring (bicyclic) bond motifs is 1. The van der Waals surface area contributed by atoms with Crippen LogP contribution in [0.15, 0.2) is 69.3 Å². The summed E-state index contributed by atoms with van der Waals surface area (Å²) in [5, 5.41) is 29.0. The van der Waals surface area contributed by atoms with Crippen LogP contribution in [0, 0.1) is 28.4 Å². The van der Waals surface area contributed by atoms with Gasteiger partial charge in [0, 0.05) is 44.6 Å². The zero-order chi connectivity index (χ0) is 28.1. The SMILES string of the molecule is COCCN(CCN1C(=O)c2ccccc2C1=O)c1ccc(/N=N/c2c(Br)cc([N+](=O)[O-])cc2C#N)c(C)c1. The van der Waals surface area contributed by atoms with Gasteiger partial charge in [-0.3, -0.25) is 24.6 Å². The van der Waals surface area contributed by atoms with Crippen LogP contribution in [0.5, 0.6) is 0 Å². The number of amides is 2. The van der Waals surface area contributed by atoms with Crippen LogP contribution in [-0.2, 0) is 4.74 Å². The Balaban J connectivity index is 1.53. The predicted molar refractivity (Wildman–Crippen MR) is 147 cm³/mol. The van der Waals surface area contributed by atoms with Crippen LogP contribution < -0.4 is 4.90 Å². The summed E-state index contributed by atoms with van der Waals surface area (Å²) in [7, 11) is 1.60. The van der Waals surface area contributed by atoms with Gasteiger partial charge >= 0.3 is 0 Å². The minimum Gasteiger partial charge on any atom is -0.383 e. The zero-order valence-electron chi connectivity index (χ0n) is 21.1. The molecule has 4 rings (SSSR count). The van der Waals surface area contributed by atoms with E-state index in [0.29, 0.717) is 36.5 Å². The third-order valence-corrected chi connectivity index (χ3v) is 6.82. The van der Waals surface area contributed by atoms with Crippen molar-refractivity contribution >= 4 is 50.5 Å². The van der Waals surface area contributed by atoms with Gasteiger partial charge in [0.05, 0.1) is 38.4 Å². The van der Waals surface area contributed by atoms with E-state index >= 15 is 0 Å². The topological polar surface area (TPSA) is 142 Å². The van der Waals surface area contributed by atoms with E-state index in [1.54, 1.807) is 37.4 Å². The molecule has 0 unspecified atom stereocenters. The fourth-order valence-electron chi connectivity index (χ4n) is 4.16. The maximum atomic E-state index is 12.8. The Morgan fingerprint density at radius 2 is 1.77 bits per heavy atom. The van der Waals surface area contributed by atoms with Crippen LogP contribution in [0.1, 0.15) is 31.8 Å². The third-order valence-electron chi connectivity index (χ3n) is 6.22. The molecule has 0 aliphatic carbocycles. The van der Waals surface area contributed by atoms with Crippen molar-refractivity contribution in [1.29, 1.82) is 5.26 Å². The maximum Gasteiger partial charge on any atom is 0.272 e. The number of imide groups is 1. The van der Waals surface area contributed by atoms with Gasteiger partial charge in [0.2, 0.25) is 0 Å². The molecule has 0 bridgehead atoms. The van der Waals surface area contributed by atoms with Gasteiger partial charge in [0.15, 0.2) is 0 Å². The summed E-state index contributed by atoms with van der Waals surface area (Å²) in [6, 6.07) is 16.6. The zero-order valence-corrected chi connectivity index (χ0v) is 22.7. The first-order chi connectivity index (χ1) is 18.7. The molecule has 0 spiro atoms. The lowest BCUT2D eigenvalue weighted by atomic mass is 10.1. The van der Waals surface area contributed by atoms with Crippen molar-refractivity contribution < 1.29 is 19.2 Å². The van der Waals surface area contributed by atoms with Crippen LogP contribution in [0.25, 0.3) is 0 Å². The molecule has 2 amide bonds. The van der Waals surface area contributed by atoms with E-state index in [0.717, 1.165) is 17.3 Å². The van der Waals surface area contributed by atoms with E-state index < -0.39 is 4.92 Å². The number of nitriles is 1. The molecule has 0 atom stereocenters. The number of aryl methyl sites for hydroxylation is 1. The third kappa shape index (κ3) is 5.84. The van der Waals surface area contributed by atoms with E-state index in [-0.39, 0.29) is 39.8 Å². The summed E-state index contributed by atoms with van der Waals surface area (Å²) in [5.74, 6) is -0.605. The van der Waals surface area contributed by atoms with E-state index in [1.165, 1.54) is 11.0 Å². The number of methoxy groups -OCH3 is 1. The summed E-state index contributed by atoms with van der Waals surface area (Å²) >= 11 is 3.24. The molecule has 0 fully saturated rings. The Morgan fingerprint density at radius 1 is 1.08 bits per heavy atom. The molecule has 198 valence electrons. The Bertz CT molecular complexity index is 1500. The normalized spacial score (nSPS) is 12.6. The number of hydrogen-bond acceptors (Lipinski definition) is 9. The first-order valence-corrected chi connectivity index (χ1v) is 12.6. The number of benzene rings is 3. The molecule has 0 N–H and O–H groups in total. The molecule has 1 aliphatic rings. The molecule has 0 aromatic heterocycles. The number of hydrogen-bond donors (Lipinski definition) is 0. The molecule has 0 saturated carbocycles. The van der Waals surface area contributed by atoms with Gasteiger partial charge in [-0.25, -0.2) is 0 Å². The number of nitrogens with zero attached hydrogens (tertiary/aromatic N) is 6. The molecule has 1 aliphatic heterocycles. The minimum absolute atomic E-state index is 0.0213. The second kappa shape index (κ2) is 11.9. The van der Waals surface area contributed by atoms with Gasteiger partial charge < -0.3 is 9.64 Å². The van der Waals surface area contributed by atoms with Gasteiger partial charge in [-0.15, -0.1) is 5.11 Å². The highest BCUT2D eigenvalue weighted by molar-refractivity contribution is 9.10. The van der Waals surface area contributed by atoms with Crippen molar-refractivity contribution in [2.24, 2.45) is 10.2 Å². The highest BCUT2D eigenvalue weighted by Gasteiger charge is 2.35. The molecule has 39 heavy (non-hydrogen) atoms. The minimum atomic E-state index is -0.584. The number of nitro groups is 1. The fraction of sp³-hybridized carbons (Fsp3) is 0.222. The molecular weight excluding hydrogens is 568 g/mol. The smallest absolute Gasteiger partial charge is 0.272 e. The number of ether oxygens (including phenoxy) is 1. The lowest BCUT2D eigenvalue weighted by Gasteiger charge is -2.27. The first-order valence-electron chi connectivity index (χ1n) is 11.8. The van der Waals surface area contributed by atoms with Crippen LogP contribution >= 0.6 is 15.9 Å². The number of carbonyl (C=O) groups is 2. The average molecular weight is 591 g/mol. The summed E-state index contributed by atoms with van der Waals surface area (Å²) < 4.78 is 5.54. The lowest BCUT2D eigenvalue weighted by molar-refractivity contribution is -0.384.